The summed E-state index contributed by atoms with van der Waals surface area (Å²) in [7, 11) is -3.64. The summed E-state index contributed by atoms with van der Waals surface area (Å²) in [6.45, 7) is -0.0777. The Morgan fingerprint density at radius 3 is 2.76 bits per heavy atom. The summed E-state index contributed by atoms with van der Waals surface area (Å²) in [6, 6.07) is 7.12. The highest BCUT2D eigenvalue weighted by atomic mass is 32.2. The number of hydrogen-bond donors (Lipinski definition) is 1. The van der Waals surface area contributed by atoms with Crippen LogP contribution in [0.25, 0.3) is 0 Å². The SMILES string of the molecule is N#CCS(=O)(=O)NCc1cccc([N+](=O)[O-])c1. The predicted molar refractivity (Wildman–Crippen MR) is 59.3 cm³/mol. The molecule has 1 N–H and O–H groups in total. The van der Waals surface area contributed by atoms with Gasteiger partial charge in [-0.3, -0.25) is 10.1 Å². The summed E-state index contributed by atoms with van der Waals surface area (Å²) < 4.78 is 24.5. The highest BCUT2D eigenvalue weighted by Crippen LogP contribution is 2.12. The molecule has 0 radical (unpaired) electrons. The molecule has 0 aliphatic rings. The summed E-state index contributed by atoms with van der Waals surface area (Å²) in [5.74, 6) is -0.637. The first-order valence-corrected chi connectivity index (χ1v) is 6.17. The average molecular weight is 255 g/mol. The fourth-order valence-electron chi connectivity index (χ4n) is 1.11. The molecule has 17 heavy (non-hydrogen) atoms. The van der Waals surface area contributed by atoms with Crippen LogP contribution in [0.3, 0.4) is 0 Å². The topological polar surface area (TPSA) is 113 Å². The van der Waals surface area contributed by atoms with Crippen LogP contribution in [0.2, 0.25) is 0 Å². The molecule has 1 aromatic rings. The number of benzene rings is 1. The lowest BCUT2D eigenvalue weighted by molar-refractivity contribution is -0.384. The third kappa shape index (κ3) is 4.18. The Morgan fingerprint density at radius 2 is 2.18 bits per heavy atom. The first kappa shape index (κ1) is 13.1. The lowest BCUT2D eigenvalue weighted by Crippen LogP contribution is -2.25. The van der Waals surface area contributed by atoms with Gasteiger partial charge in [0.25, 0.3) is 5.69 Å². The smallest absolute Gasteiger partial charge is 0.258 e. The van der Waals surface area contributed by atoms with Crippen molar-refractivity contribution in [2.24, 2.45) is 0 Å². The minimum absolute atomic E-state index is 0.0777. The summed E-state index contributed by atoms with van der Waals surface area (Å²) >= 11 is 0. The van der Waals surface area contributed by atoms with E-state index in [9.17, 15) is 18.5 Å². The van der Waals surface area contributed by atoms with Gasteiger partial charge in [0.1, 0.15) is 0 Å². The second-order valence-electron chi connectivity index (χ2n) is 3.17. The molecule has 0 saturated heterocycles. The third-order valence-corrected chi connectivity index (χ3v) is 2.97. The number of sulfonamides is 1. The van der Waals surface area contributed by atoms with Crippen molar-refractivity contribution >= 4 is 15.7 Å². The van der Waals surface area contributed by atoms with Crippen LogP contribution in [0, 0.1) is 21.4 Å². The molecule has 1 aromatic carbocycles. The number of nitro groups is 1. The lowest BCUT2D eigenvalue weighted by Gasteiger charge is -2.03. The third-order valence-electron chi connectivity index (χ3n) is 1.87. The van der Waals surface area contributed by atoms with Gasteiger partial charge in [-0.15, -0.1) is 0 Å². The maximum absolute atomic E-state index is 11.2. The fourth-order valence-corrected chi connectivity index (χ4v) is 1.77. The number of nitrogens with one attached hydrogen (secondary N) is 1. The van der Waals surface area contributed by atoms with Crippen LogP contribution in [-0.2, 0) is 16.6 Å². The number of nitrogens with zero attached hydrogens (tertiary/aromatic N) is 2. The number of rotatable bonds is 5. The van der Waals surface area contributed by atoms with Crippen molar-refractivity contribution in [3.8, 4) is 6.07 Å². The Morgan fingerprint density at radius 1 is 1.47 bits per heavy atom. The van der Waals surface area contributed by atoms with E-state index < -0.39 is 20.7 Å². The quantitative estimate of drug-likeness (QED) is 0.609. The predicted octanol–water partition coefficient (Wildman–Crippen LogP) is 0.538. The molecule has 0 aliphatic heterocycles. The molecule has 0 unspecified atom stereocenters. The van der Waals surface area contributed by atoms with Gasteiger partial charge in [-0.2, -0.15) is 5.26 Å². The van der Waals surface area contributed by atoms with Gasteiger partial charge in [-0.25, -0.2) is 13.1 Å². The van der Waals surface area contributed by atoms with E-state index in [1.807, 2.05) is 0 Å². The molecule has 0 aliphatic carbocycles. The van der Waals surface area contributed by atoms with E-state index in [1.54, 1.807) is 6.07 Å². The molecule has 0 fully saturated rings. The van der Waals surface area contributed by atoms with Crippen molar-refractivity contribution in [1.29, 1.82) is 5.26 Å². The number of nitro benzene ring substituents is 1. The second kappa shape index (κ2) is 5.38. The van der Waals surface area contributed by atoms with Crippen LogP contribution in [0.15, 0.2) is 24.3 Å². The zero-order chi connectivity index (χ0) is 12.9. The number of nitriles is 1. The van der Waals surface area contributed by atoms with E-state index in [-0.39, 0.29) is 12.2 Å². The number of non-ortho nitro benzene ring substituents is 1. The highest BCUT2D eigenvalue weighted by molar-refractivity contribution is 7.89. The Kier molecular flexibility index (Phi) is 4.14. The molecule has 0 bridgehead atoms. The minimum Gasteiger partial charge on any atom is -0.258 e. The van der Waals surface area contributed by atoms with Crippen LogP contribution in [-0.4, -0.2) is 19.1 Å². The standard InChI is InChI=1S/C9H9N3O4S/c10-4-5-17(15,16)11-7-8-2-1-3-9(6-8)12(13)14/h1-3,6,11H,5,7H2. The molecule has 90 valence electrons. The molecule has 0 heterocycles. The molecular weight excluding hydrogens is 246 g/mol. The lowest BCUT2D eigenvalue weighted by atomic mass is 10.2. The second-order valence-corrected chi connectivity index (χ2v) is 4.97. The number of hydrogen-bond acceptors (Lipinski definition) is 5. The first-order chi connectivity index (χ1) is 7.94. The van der Waals surface area contributed by atoms with Crippen LogP contribution < -0.4 is 4.72 Å². The van der Waals surface area contributed by atoms with Gasteiger partial charge in [0.15, 0.2) is 5.75 Å². The van der Waals surface area contributed by atoms with E-state index in [2.05, 4.69) is 4.72 Å². The fraction of sp³-hybridized carbons (Fsp3) is 0.222. The monoisotopic (exact) mass is 255 g/mol. The van der Waals surface area contributed by atoms with E-state index >= 15 is 0 Å². The average Bonchev–Trinajstić information content (AvgIpc) is 2.27. The van der Waals surface area contributed by atoms with E-state index in [0.29, 0.717) is 5.56 Å². The van der Waals surface area contributed by atoms with E-state index in [4.69, 9.17) is 5.26 Å². The highest BCUT2D eigenvalue weighted by Gasteiger charge is 2.10. The molecule has 7 nitrogen and oxygen atoms in total. The van der Waals surface area contributed by atoms with Crippen molar-refractivity contribution < 1.29 is 13.3 Å². The Labute approximate surface area is 97.9 Å². The molecule has 0 saturated carbocycles. The Bertz CT molecular complexity index is 562. The summed E-state index contributed by atoms with van der Waals surface area (Å²) in [6.07, 6.45) is 0. The van der Waals surface area contributed by atoms with Gasteiger partial charge in [-0.1, -0.05) is 12.1 Å². The van der Waals surface area contributed by atoms with Gasteiger partial charge in [0, 0.05) is 18.7 Å². The molecule has 0 atom stereocenters. The van der Waals surface area contributed by atoms with Gasteiger partial charge >= 0.3 is 0 Å². The van der Waals surface area contributed by atoms with Crippen LogP contribution in [0.1, 0.15) is 5.56 Å². The maximum atomic E-state index is 11.2. The van der Waals surface area contributed by atoms with Gasteiger partial charge in [-0.05, 0) is 5.56 Å². The van der Waals surface area contributed by atoms with Crippen molar-refractivity contribution in [3.05, 3.63) is 39.9 Å². The van der Waals surface area contributed by atoms with E-state index in [1.165, 1.54) is 24.3 Å². The summed E-state index contributed by atoms with van der Waals surface area (Å²) in [5, 5.41) is 18.7. The molecule has 8 heteroatoms. The first-order valence-electron chi connectivity index (χ1n) is 4.52. The normalized spacial score (nSPS) is 10.8. The van der Waals surface area contributed by atoms with Gasteiger partial charge in [0.05, 0.1) is 11.0 Å². The largest absolute Gasteiger partial charge is 0.269 e. The van der Waals surface area contributed by atoms with Crippen molar-refractivity contribution in [2.75, 3.05) is 5.75 Å². The molecule has 0 aromatic heterocycles. The van der Waals surface area contributed by atoms with Crippen molar-refractivity contribution in [2.45, 2.75) is 6.54 Å². The van der Waals surface area contributed by atoms with E-state index in [0.717, 1.165) is 0 Å². The minimum atomic E-state index is -3.64. The zero-order valence-corrected chi connectivity index (χ0v) is 9.48. The summed E-state index contributed by atoms with van der Waals surface area (Å²) in [5.41, 5.74) is 0.350. The zero-order valence-electron chi connectivity index (χ0n) is 8.66. The maximum Gasteiger partial charge on any atom is 0.269 e. The Balaban J connectivity index is 2.74. The van der Waals surface area contributed by atoms with Gasteiger partial charge in [0.2, 0.25) is 10.0 Å². The van der Waals surface area contributed by atoms with Crippen LogP contribution in [0.4, 0.5) is 5.69 Å². The molecular formula is C9H9N3O4S. The van der Waals surface area contributed by atoms with Crippen LogP contribution in [0.5, 0.6) is 0 Å². The van der Waals surface area contributed by atoms with Crippen molar-refractivity contribution in [1.82, 2.24) is 4.72 Å². The summed E-state index contributed by atoms with van der Waals surface area (Å²) in [4.78, 5) is 9.92. The Hall–Kier alpha value is -1.98. The molecule has 0 spiro atoms. The van der Waals surface area contributed by atoms with Crippen molar-refractivity contribution in [3.63, 3.8) is 0 Å². The van der Waals surface area contributed by atoms with Crippen LogP contribution >= 0.6 is 0 Å². The molecule has 1 rings (SSSR count). The van der Waals surface area contributed by atoms with Gasteiger partial charge < -0.3 is 0 Å². The molecule has 0 amide bonds.